The summed E-state index contributed by atoms with van der Waals surface area (Å²) in [6.45, 7) is 12.9. The number of rotatable bonds is 5. The highest BCUT2D eigenvalue weighted by atomic mass is 16.5. The third-order valence-electron chi connectivity index (χ3n) is 6.01. The average Bonchev–Trinajstić information content (AvgIpc) is 3.20. The van der Waals surface area contributed by atoms with Gasteiger partial charge in [-0.2, -0.15) is 0 Å². The van der Waals surface area contributed by atoms with Crippen LogP contribution < -0.4 is 10.3 Å². The zero-order valence-electron chi connectivity index (χ0n) is 19.1. The molecule has 0 amide bonds. The van der Waals surface area contributed by atoms with Crippen molar-refractivity contribution in [1.29, 1.82) is 0 Å². The van der Waals surface area contributed by atoms with Crippen molar-refractivity contribution < 1.29 is 4.74 Å². The summed E-state index contributed by atoms with van der Waals surface area (Å²) in [7, 11) is 0. The number of nitrogens with one attached hydrogen (secondary N) is 1. The molecule has 8 nitrogen and oxygen atoms in total. The van der Waals surface area contributed by atoms with Crippen molar-refractivity contribution in [2.75, 3.05) is 19.7 Å². The van der Waals surface area contributed by atoms with Crippen LogP contribution in [0.2, 0.25) is 0 Å². The first-order chi connectivity index (χ1) is 14.8. The van der Waals surface area contributed by atoms with Crippen molar-refractivity contribution in [2.45, 2.75) is 59.0 Å². The Kier molecular flexibility index (Phi) is 5.83. The van der Waals surface area contributed by atoms with Gasteiger partial charge in [-0.15, -0.1) is 5.10 Å². The Morgan fingerprint density at radius 1 is 1.23 bits per heavy atom. The first-order valence-electron chi connectivity index (χ1n) is 11.1. The lowest BCUT2D eigenvalue weighted by atomic mass is 9.95. The minimum Gasteiger partial charge on any atom is -0.494 e. The molecule has 1 aliphatic rings. The molecule has 166 valence electrons. The van der Waals surface area contributed by atoms with Gasteiger partial charge in [0.25, 0.3) is 5.56 Å². The van der Waals surface area contributed by atoms with Gasteiger partial charge in [0.2, 0.25) is 0 Å². The second-order valence-electron chi connectivity index (χ2n) is 9.48. The van der Waals surface area contributed by atoms with Gasteiger partial charge in [0.15, 0.2) is 5.82 Å². The van der Waals surface area contributed by atoms with Crippen LogP contribution in [0.3, 0.4) is 0 Å². The van der Waals surface area contributed by atoms with Gasteiger partial charge in [-0.25, -0.2) is 4.68 Å². The van der Waals surface area contributed by atoms with E-state index in [0.717, 1.165) is 42.6 Å². The Labute approximate surface area is 182 Å². The van der Waals surface area contributed by atoms with E-state index in [1.807, 2.05) is 35.9 Å². The number of hydrogen-bond donors (Lipinski definition) is 1. The van der Waals surface area contributed by atoms with E-state index in [9.17, 15) is 4.79 Å². The Balaban J connectivity index is 1.87. The maximum Gasteiger partial charge on any atom is 0.253 e. The van der Waals surface area contributed by atoms with Crippen LogP contribution in [-0.4, -0.2) is 49.8 Å². The van der Waals surface area contributed by atoms with Gasteiger partial charge in [0.1, 0.15) is 11.8 Å². The molecule has 1 N–H and O–H groups in total. The first-order valence-corrected chi connectivity index (χ1v) is 11.1. The Bertz CT molecular complexity index is 1110. The summed E-state index contributed by atoms with van der Waals surface area (Å²) in [5.74, 6) is 2.17. The van der Waals surface area contributed by atoms with Crippen LogP contribution in [-0.2, 0) is 5.54 Å². The Morgan fingerprint density at radius 2 is 1.97 bits per heavy atom. The van der Waals surface area contributed by atoms with Gasteiger partial charge in [-0.1, -0.05) is 6.92 Å². The fourth-order valence-electron chi connectivity index (χ4n) is 4.29. The van der Waals surface area contributed by atoms with Crippen LogP contribution in [0.25, 0.3) is 10.9 Å². The molecule has 0 spiro atoms. The number of aromatic amines is 1. The Morgan fingerprint density at radius 3 is 2.65 bits per heavy atom. The Hall–Kier alpha value is -2.74. The third-order valence-corrected chi connectivity index (χ3v) is 6.01. The topological polar surface area (TPSA) is 88.9 Å². The standard InChI is InChI=1S/C23H32N6O2/c1-6-31-17-7-8-19-16(13-17)14-18(22(30)24-19)20(28-11-9-15(2)10-12-28)21-25-26-27-29(21)23(3,4)5/h7-8,13-15,20H,6,9-12H2,1-5H3,(H,24,30)/t20-/m0/s1. The van der Waals surface area contributed by atoms with Gasteiger partial charge < -0.3 is 9.72 Å². The summed E-state index contributed by atoms with van der Waals surface area (Å²) < 4.78 is 7.51. The highest BCUT2D eigenvalue weighted by molar-refractivity contribution is 5.80. The fourth-order valence-corrected chi connectivity index (χ4v) is 4.29. The van der Waals surface area contributed by atoms with E-state index in [1.54, 1.807) is 0 Å². The molecule has 8 heteroatoms. The monoisotopic (exact) mass is 424 g/mol. The third kappa shape index (κ3) is 4.35. The molecule has 0 radical (unpaired) electrons. The number of aromatic nitrogens is 5. The minimum absolute atomic E-state index is 0.108. The van der Waals surface area contributed by atoms with Crippen molar-refractivity contribution in [2.24, 2.45) is 5.92 Å². The van der Waals surface area contributed by atoms with Crippen LogP contribution in [0.1, 0.15) is 64.9 Å². The average molecular weight is 425 g/mol. The molecule has 31 heavy (non-hydrogen) atoms. The molecule has 3 heterocycles. The molecule has 0 aliphatic carbocycles. The van der Waals surface area contributed by atoms with Crippen LogP contribution in [0.15, 0.2) is 29.1 Å². The molecule has 0 bridgehead atoms. The first kappa shape index (κ1) is 21.5. The molecule has 1 fully saturated rings. The number of tetrazole rings is 1. The molecule has 0 saturated carbocycles. The summed E-state index contributed by atoms with van der Waals surface area (Å²) in [5.41, 5.74) is 1.05. The zero-order chi connectivity index (χ0) is 22.2. The number of piperidine rings is 1. The zero-order valence-corrected chi connectivity index (χ0v) is 19.1. The van der Waals surface area contributed by atoms with Gasteiger partial charge >= 0.3 is 0 Å². The molecular weight excluding hydrogens is 392 g/mol. The van der Waals surface area contributed by atoms with Gasteiger partial charge in [0.05, 0.1) is 12.1 Å². The number of benzene rings is 1. The number of H-pyrrole nitrogens is 1. The summed E-state index contributed by atoms with van der Waals surface area (Å²) in [6, 6.07) is 7.40. The quantitative estimate of drug-likeness (QED) is 0.674. The predicted octanol–water partition coefficient (Wildman–Crippen LogP) is 3.49. The SMILES string of the molecule is CCOc1ccc2[nH]c(=O)c([C@@H](c3nnnn3C(C)(C)C)N3CCC(C)CC3)cc2c1. The van der Waals surface area contributed by atoms with Crippen molar-refractivity contribution in [1.82, 2.24) is 30.1 Å². The molecule has 3 aromatic rings. The highest BCUT2D eigenvalue weighted by Crippen LogP contribution is 2.32. The molecule has 1 saturated heterocycles. The molecule has 2 aromatic heterocycles. The largest absolute Gasteiger partial charge is 0.494 e. The fraction of sp³-hybridized carbons (Fsp3) is 0.565. The van der Waals surface area contributed by atoms with E-state index in [4.69, 9.17) is 4.74 Å². The van der Waals surface area contributed by atoms with E-state index in [2.05, 4.69) is 53.1 Å². The second-order valence-corrected chi connectivity index (χ2v) is 9.48. The number of hydrogen-bond acceptors (Lipinski definition) is 6. The van der Waals surface area contributed by atoms with Gasteiger partial charge in [-0.05, 0) is 94.2 Å². The van der Waals surface area contributed by atoms with Crippen molar-refractivity contribution in [3.05, 3.63) is 46.0 Å². The molecular formula is C23H32N6O2. The minimum atomic E-state index is -0.314. The van der Waals surface area contributed by atoms with Crippen molar-refractivity contribution in [3.8, 4) is 5.75 Å². The number of pyridine rings is 1. The molecule has 4 rings (SSSR count). The van der Waals surface area contributed by atoms with Crippen molar-refractivity contribution >= 4 is 10.9 Å². The lowest BCUT2D eigenvalue weighted by molar-refractivity contribution is 0.144. The second kappa shape index (κ2) is 8.42. The maximum absolute atomic E-state index is 13.3. The molecule has 1 aliphatic heterocycles. The summed E-state index contributed by atoms with van der Waals surface area (Å²) in [6.07, 6.45) is 2.18. The van der Waals surface area contributed by atoms with Crippen LogP contribution in [0.5, 0.6) is 5.75 Å². The molecule has 1 aromatic carbocycles. The number of ether oxygens (including phenoxy) is 1. The van der Waals surface area contributed by atoms with E-state index >= 15 is 0 Å². The van der Waals surface area contributed by atoms with Crippen LogP contribution in [0, 0.1) is 5.92 Å². The summed E-state index contributed by atoms with van der Waals surface area (Å²) in [4.78, 5) is 18.7. The predicted molar refractivity (Wildman–Crippen MR) is 120 cm³/mol. The van der Waals surface area contributed by atoms with E-state index in [-0.39, 0.29) is 17.1 Å². The van der Waals surface area contributed by atoms with Crippen molar-refractivity contribution in [3.63, 3.8) is 0 Å². The van der Waals surface area contributed by atoms with E-state index in [0.29, 0.717) is 23.9 Å². The lowest BCUT2D eigenvalue weighted by Gasteiger charge is -2.36. The number of fused-ring (bicyclic) bond motifs is 1. The van der Waals surface area contributed by atoms with Crippen LogP contribution in [0.4, 0.5) is 0 Å². The lowest BCUT2D eigenvalue weighted by Crippen LogP contribution is -2.41. The summed E-state index contributed by atoms with van der Waals surface area (Å²) in [5, 5.41) is 13.6. The van der Waals surface area contributed by atoms with E-state index in [1.165, 1.54) is 0 Å². The van der Waals surface area contributed by atoms with Crippen LogP contribution >= 0.6 is 0 Å². The molecule has 0 unspecified atom stereocenters. The molecule has 1 atom stereocenters. The number of likely N-dealkylation sites (tertiary alicyclic amines) is 1. The smallest absolute Gasteiger partial charge is 0.253 e. The van der Waals surface area contributed by atoms with Gasteiger partial charge in [0, 0.05) is 16.5 Å². The summed E-state index contributed by atoms with van der Waals surface area (Å²) >= 11 is 0. The number of nitrogens with zero attached hydrogens (tertiary/aromatic N) is 5. The van der Waals surface area contributed by atoms with Gasteiger partial charge in [-0.3, -0.25) is 9.69 Å². The normalized spacial score (nSPS) is 17.2. The highest BCUT2D eigenvalue weighted by Gasteiger charge is 2.34. The van der Waals surface area contributed by atoms with E-state index < -0.39 is 0 Å². The maximum atomic E-state index is 13.3.